The smallest absolute Gasteiger partial charge is 0.305 e. The first-order valence-electron chi connectivity index (χ1n) is 5.78. The third-order valence-electron chi connectivity index (χ3n) is 2.57. The number of aliphatic carboxylic acids is 1. The van der Waals surface area contributed by atoms with Gasteiger partial charge < -0.3 is 10.0 Å². The fraction of sp³-hybridized carbons (Fsp3) is 0.417. The highest BCUT2D eigenvalue weighted by Gasteiger charge is 2.24. The standard InChI is InChI=1S/C12H13Cl3N2O3/c1-6(2)17(4-3-8(18)19)12(20)11-10(15)9(14)7(13)5-16-11/h5-6H,3-4H2,1-2H3,(H,18,19). The van der Waals surface area contributed by atoms with Crippen LogP contribution in [0, 0.1) is 0 Å². The molecule has 0 saturated carbocycles. The van der Waals surface area contributed by atoms with Crippen LogP contribution in [0.2, 0.25) is 15.1 Å². The van der Waals surface area contributed by atoms with Crippen LogP contribution >= 0.6 is 34.8 Å². The molecule has 0 bridgehead atoms. The Balaban J connectivity index is 3.07. The lowest BCUT2D eigenvalue weighted by Crippen LogP contribution is -2.39. The average Bonchev–Trinajstić information content (AvgIpc) is 2.35. The molecule has 0 fully saturated rings. The predicted molar refractivity (Wildman–Crippen MR) is 77.7 cm³/mol. The first-order valence-corrected chi connectivity index (χ1v) is 6.91. The van der Waals surface area contributed by atoms with Gasteiger partial charge in [-0.15, -0.1) is 0 Å². The third-order valence-corrected chi connectivity index (χ3v) is 3.81. The van der Waals surface area contributed by atoms with Crippen LogP contribution in [0.3, 0.4) is 0 Å². The summed E-state index contributed by atoms with van der Waals surface area (Å²) < 4.78 is 0. The molecule has 1 aromatic rings. The molecule has 1 aromatic heterocycles. The number of pyridine rings is 1. The van der Waals surface area contributed by atoms with Crippen molar-refractivity contribution >= 4 is 46.7 Å². The highest BCUT2D eigenvalue weighted by Crippen LogP contribution is 2.31. The minimum atomic E-state index is -0.989. The average molecular weight is 340 g/mol. The van der Waals surface area contributed by atoms with Gasteiger partial charge in [-0.1, -0.05) is 34.8 Å². The summed E-state index contributed by atoms with van der Waals surface area (Å²) in [6.45, 7) is 3.60. The Labute approximate surface area is 131 Å². The minimum Gasteiger partial charge on any atom is -0.481 e. The lowest BCUT2D eigenvalue weighted by Gasteiger charge is -2.26. The summed E-state index contributed by atoms with van der Waals surface area (Å²) in [6.07, 6.45) is 1.07. The van der Waals surface area contributed by atoms with Crippen LogP contribution in [-0.2, 0) is 4.79 Å². The Morgan fingerprint density at radius 3 is 2.40 bits per heavy atom. The number of rotatable bonds is 5. The highest BCUT2D eigenvalue weighted by molar-refractivity contribution is 6.48. The number of amides is 1. The van der Waals surface area contributed by atoms with E-state index in [0.29, 0.717) is 0 Å². The number of carboxylic acids is 1. The van der Waals surface area contributed by atoms with E-state index in [0.717, 1.165) is 0 Å². The van der Waals surface area contributed by atoms with Crippen LogP contribution in [0.5, 0.6) is 0 Å². The fourth-order valence-corrected chi connectivity index (χ4v) is 2.10. The van der Waals surface area contributed by atoms with Crippen molar-refractivity contribution in [2.75, 3.05) is 6.54 Å². The second-order valence-corrected chi connectivity index (χ2v) is 5.48. The van der Waals surface area contributed by atoms with Crippen molar-refractivity contribution < 1.29 is 14.7 Å². The molecule has 0 spiro atoms. The van der Waals surface area contributed by atoms with Crippen molar-refractivity contribution in [3.05, 3.63) is 27.0 Å². The van der Waals surface area contributed by atoms with Gasteiger partial charge in [0.25, 0.3) is 5.91 Å². The van der Waals surface area contributed by atoms with Gasteiger partial charge in [0.05, 0.1) is 21.5 Å². The largest absolute Gasteiger partial charge is 0.481 e. The second kappa shape index (κ2) is 7.11. The minimum absolute atomic E-state index is 0.0369. The lowest BCUT2D eigenvalue weighted by atomic mass is 10.2. The zero-order valence-corrected chi connectivity index (χ0v) is 13.1. The molecule has 0 aliphatic rings. The maximum atomic E-state index is 12.4. The Morgan fingerprint density at radius 2 is 1.90 bits per heavy atom. The Morgan fingerprint density at radius 1 is 1.30 bits per heavy atom. The van der Waals surface area contributed by atoms with Gasteiger partial charge in [0.2, 0.25) is 0 Å². The number of aromatic nitrogens is 1. The summed E-state index contributed by atoms with van der Waals surface area (Å²) in [5.41, 5.74) is -0.0415. The summed E-state index contributed by atoms with van der Waals surface area (Å²) in [5, 5.41) is 8.87. The van der Waals surface area contributed by atoms with Crippen molar-refractivity contribution in [2.45, 2.75) is 26.3 Å². The quantitative estimate of drug-likeness (QED) is 0.893. The molecule has 5 nitrogen and oxygen atoms in total. The number of carbonyl (C=O) groups excluding carboxylic acids is 1. The van der Waals surface area contributed by atoms with Crippen molar-refractivity contribution in [1.82, 2.24) is 9.88 Å². The molecule has 0 aromatic carbocycles. The molecular weight excluding hydrogens is 327 g/mol. The van der Waals surface area contributed by atoms with E-state index in [9.17, 15) is 9.59 Å². The van der Waals surface area contributed by atoms with Crippen molar-refractivity contribution in [1.29, 1.82) is 0 Å². The summed E-state index contributed by atoms with van der Waals surface area (Å²) in [6, 6.07) is -0.200. The van der Waals surface area contributed by atoms with Crippen LogP contribution < -0.4 is 0 Å². The molecule has 0 aliphatic heterocycles. The summed E-state index contributed by atoms with van der Waals surface area (Å²) in [7, 11) is 0. The van der Waals surface area contributed by atoms with Gasteiger partial charge in [0, 0.05) is 18.8 Å². The van der Waals surface area contributed by atoms with Gasteiger partial charge in [-0.3, -0.25) is 9.59 Å². The van der Waals surface area contributed by atoms with Gasteiger partial charge >= 0.3 is 5.97 Å². The van der Waals surface area contributed by atoms with Crippen LogP contribution in [-0.4, -0.2) is 39.5 Å². The molecule has 1 amide bonds. The van der Waals surface area contributed by atoms with Crippen molar-refractivity contribution in [3.8, 4) is 0 Å². The molecule has 0 saturated heterocycles. The van der Waals surface area contributed by atoms with Gasteiger partial charge in [-0.2, -0.15) is 0 Å². The summed E-state index contributed by atoms with van der Waals surface area (Å²) >= 11 is 17.6. The number of hydrogen-bond acceptors (Lipinski definition) is 3. The van der Waals surface area contributed by atoms with E-state index < -0.39 is 11.9 Å². The Hall–Kier alpha value is -1.04. The molecule has 20 heavy (non-hydrogen) atoms. The fourth-order valence-electron chi connectivity index (χ4n) is 1.54. The number of carboxylic acid groups (broad SMARTS) is 1. The second-order valence-electron chi connectivity index (χ2n) is 4.32. The molecule has 0 radical (unpaired) electrons. The predicted octanol–water partition coefficient (Wildman–Crippen LogP) is 3.37. The van der Waals surface area contributed by atoms with E-state index in [4.69, 9.17) is 39.9 Å². The molecule has 1 rings (SSSR count). The first kappa shape index (κ1) is 17.0. The molecule has 110 valence electrons. The van der Waals surface area contributed by atoms with Crippen LogP contribution in [0.4, 0.5) is 0 Å². The Bertz CT molecular complexity index is 535. The molecule has 0 unspecified atom stereocenters. The van der Waals surface area contributed by atoms with Crippen molar-refractivity contribution in [2.24, 2.45) is 0 Å². The number of carbonyl (C=O) groups is 2. The summed E-state index contributed by atoms with van der Waals surface area (Å²) in [4.78, 5) is 28.3. The monoisotopic (exact) mass is 338 g/mol. The maximum absolute atomic E-state index is 12.4. The zero-order valence-electron chi connectivity index (χ0n) is 10.9. The van der Waals surface area contributed by atoms with E-state index in [2.05, 4.69) is 4.98 Å². The zero-order chi connectivity index (χ0) is 15.4. The van der Waals surface area contributed by atoms with Gasteiger partial charge in [-0.25, -0.2) is 4.98 Å². The molecular formula is C12H13Cl3N2O3. The Kier molecular flexibility index (Phi) is 6.05. The van der Waals surface area contributed by atoms with Crippen LogP contribution in [0.15, 0.2) is 6.20 Å². The maximum Gasteiger partial charge on any atom is 0.305 e. The first-order chi connectivity index (χ1) is 9.25. The molecule has 0 aliphatic carbocycles. The topological polar surface area (TPSA) is 70.5 Å². The number of nitrogens with zero attached hydrogens (tertiary/aromatic N) is 2. The van der Waals surface area contributed by atoms with E-state index in [1.165, 1.54) is 11.1 Å². The highest BCUT2D eigenvalue weighted by atomic mass is 35.5. The molecule has 1 N–H and O–H groups in total. The van der Waals surface area contributed by atoms with Crippen molar-refractivity contribution in [3.63, 3.8) is 0 Å². The molecule has 0 atom stereocenters. The SMILES string of the molecule is CC(C)N(CCC(=O)O)C(=O)c1ncc(Cl)c(Cl)c1Cl. The summed E-state index contributed by atoms with van der Waals surface area (Å²) in [5.74, 6) is -1.47. The van der Waals surface area contributed by atoms with E-state index >= 15 is 0 Å². The third kappa shape index (κ3) is 3.98. The van der Waals surface area contributed by atoms with Crippen LogP contribution in [0.1, 0.15) is 30.8 Å². The van der Waals surface area contributed by atoms with Gasteiger partial charge in [-0.05, 0) is 13.8 Å². The lowest BCUT2D eigenvalue weighted by molar-refractivity contribution is -0.137. The van der Waals surface area contributed by atoms with Gasteiger partial charge in [0.15, 0.2) is 0 Å². The van der Waals surface area contributed by atoms with Gasteiger partial charge in [0.1, 0.15) is 5.69 Å². The van der Waals surface area contributed by atoms with E-state index in [-0.39, 0.29) is 39.8 Å². The van der Waals surface area contributed by atoms with Crippen LogP contribution in [0.25, 0.3) is 0 Å². The number of halogens is 3. The molecule has 8 heteroatoms. The number of hydrogen-bond donors (Lipinski definition) is 1. The normalized spacial score (nSPS) is 10.7. The molecule has 1 heterocycles. The van der Waals surface area contributed by atoms with E-state index in [1.54, 1.807) is 13.8 Å². The van der Waals surface area contributed by atoms with E-state index in [1.807, 2.05) is 0 Å².